The number of aromatic nitrogens is 1. The van der Waals surface area contributed by atoms with Gasteiger partial charge in [-0.3, -0.25) is 0 Å². The number of urea groups is 1. The molecule has 24 heavy (non-hydrogen) atoms. The molecule has 6 heteroatoms. The van der Waals surface area contributed by atoms with Crippen molar-refractivity contribution in [3.63, 3.8) is 0 Å². The van der Waals surface area contributed by atoms with E-state index in [0.29, 0.717) is 6.54 Å². The van der Waals surface area contributed by atoms with Crippen LogP contribution in [0.5, 0.6) is 0 Å². The van der Waals surface area contributed by atoms with E-state index < -0.39 is 0 Å². The Balaban J connectivity index is 2.30. The SMILES string of the molecule is CN(CCO)C(=O)N[C@H](c1ccccc1)c1nc(C(C)(C)C)cs1. The van der Waals surface area contributed by atoms with Crippen molar-refractivity contribution in [1.29, 1.82) is 0 Å². The third-order valence-electron chi connectivity index (χ3n) is 3.72. The summed E-state index contributed by atoms with van der Waals surface area (Å²) < 4.78 is 0. The summed E-state index contributed by atoms with van der Waals surface area (Å²) in [7, 11) is 1.66. The van der Waals surface area contributed by atoms with Gasteiger partial charge >= 0.3 is 6.03 Å². The number of hydrogen-bond donors (Lipinski definition) is 2. The van der Waals surface area contributed by atoms with Crippen LogP contribution in [0.25, 0.3) is 0 Å². The van der Waals surface area contributed by atoms with Gasteiger partial charge in [-0.25, -0.2) is 9.78 Å². The molecule has 0 unspecified atom stereocenters. The van der Waals surface area contributed by atoms with Gasteiger partial charge in [-0.1, -0.05) is 51.1 Å². The molecule has 2 aromatic rings. The van der Waals surface area contributed by atoms with E-state index in [4.69, 9.17) is 10.1 Å². The minimum atomic E-state index is -0.305. The van der Waals surface area contributed by atoms with Gasteiger partial charge in [0.1, 0.15) is 11.0 Å². The largest absolute Gasteiger partial charge is 0.395 e. The lowest BCUT2D eigenvalue weighted by Gasteiger charge is -2.22. The first-order chi connectivity index (χ1) is 11.3. The van der Waals surface area contributed by atoms with Crippen LogP contribution in [0.2, 0.25) is 0 Å². The van der Waals surface area contributed by atoms with Crippen molar-refractivity contribution in [2.45, 2.75) is 32.2 Å². The van der Waals surface area contributed by atoms with Gasteiger partial charge in [0.2, 0.25) is 0 Å². The Kier molecular flexibility index (Phi) is 5.96. The van der Waals surface area contributed by atoms with E-state index >= 15 is 0 Å². The molecule has 0 aliphatic rings. The van der Waals surface area contributed by atoms with Gasteiger partial charge in [-0.15, -0.1) is 11.3 Å². The van der Waals surface area contributed by atoms with E-state index in [0.717, 1.165) is 16.3 Å². The quantitative estimate of drug-likeness (QED) is 0.873. The summed E-state index contributed by atoms with van der Waals surface area (Å²) in [5.41, 5.74) is 1.97. The lowest BCUT2D eigenvalue weighted by molar-refractivity contribution is 0.188. The fourth-order valence-electron chi connectivity index (χ4n) is 2.18. The van der Waals surface area contributed by atoms with Gasteiger partial charge in [0.15, 0.2) is 0 Å². The molecule has 0 radical (unpaired) electrons. The summed E-state index contributed by atoms with van der Waals surface area (Å²) in [5.74, 6) is 0. The number of nitrogens with zero attached hydrogens (tertiary/aromatic N) is 2. The predicted octanol–water partition coefficient (Wildman–Crippen LogP) is 3.16. The van der Waals surface area contributed by atoms with Crippen LogP contribution in [0.15, 0.2) is 35.7 Å². The minimum absolute atomic E-state index is 0.0341. The van der Waals surface area contributed by atoms with Crippen LogP contribution >= 0.6 is 11.3 Å². The van der Waals surface area contributed by atoms with Crippen LogP contribution in [0.3, 0.4) is 0 Å². The summed E-state index contributed by atoms with van der Waals surface area (Å²) in [6.45, 7) is 6.59. The number of amides is 2. The van der Waals surface area contributed by atoms with Gasteiger partial charge in [0.05, 0.1) is 12.3 Å². The topological polar surface area (TPSA) is 65.5 Å². The second kappa shape index (κ2) is 7.77. The Morgan fingerprint density at radius 1 is 1.33 bits per heavy atom. The third-order valence-corrected chi connectivity index (χ3v) is 4.63. The molecule has 1 heterocycles. The molecule has 2 rings (SSSR count). The van der Waals surface area contributed by atoms with Gasteiger partial charge in [-0.2, -0.15) is 0 Å². The van der Waals surface area contributed by atoms with Crippen molar-refractivity contribution in [2.24, 2.45) is 0 Å². The average molecular weight is 347 g/mol. The molecule has 2 amide bonds. The van der Waals surface area contributed by atoms with Gasteiger partial charge < -0.3 is 15.3 Å². The van der Waals surface area contributed by atoms with Crippen LogP contribution in [0, 0.1) is 0 Å². The average Bonchev–Trinajstić information content (AvgIpc) is 3.03. The molecule has 5 nitrogen and oxygen atoms in total. The number of benzene rings is 1. The summed E-state index contributed by atoms with van der Waals surface area (Å²) in [6, 6.07) is 9.27. The minimum Gasteiger partial charge on any atom is -0.395 e. The maximum atomic E-state index is 12.4. The number of rotatable bonds is 5. The van der Waals surface area contributed by atoms with E-state index in [2.05, 4.69) is 31.5 Å². The second-order valence-corrected chi connectivity index (χ2v) is 7.65. The highest BCUT2D eigenvalue weighted by Gasteiger charge is 2.24. The number of aliphatic hydroxyl groups is 1. The number of thiazole rings is 1. The highest BCUT2D eigenvalue weighted by atomic mass is 32.1. The predicted molar refractivity (Wildman–Crippen MR) is 97.3 cm³/mol. The summed E-state index contributed by atoms with van der Waals surface area (Å²) in [4.78, 5) is 18.6. The normalized spacial score (nSPS) is 12.7. The Labute approximate surface area is 147 Å². The van der Waals surface area contributed by atoms with E-state index in [1.54, 1.807) is 18.4 Å². The van der Waals surface area contributed by atoms with Crippen LogP contribution in [-0.2, 0) is 5.41 Å². The van der Waals surface area contributed by atoms with Crippen molar-refractivity contribution in [3.05, 3.63) is 52.0 Å². The van der Waals surface area contributed by atoms with Crippen molar-refractivity contribution < 1.29 is 9.90 Å². The number of carbonyl (C=O) groups excluding carboxylic acids is 1. The van der Waals surface area contributed by atoms with Crippen LogP contribution in [0.1, 0.15) is 43.1 Å². The van der Waals surface area contributed by atoms with Gasteiger partial charge in [-0.05, 0) is 5.56 Å². The van der Waals surface area contributed by atoms with Gasteiger partial charge in [0, 0.05) is 24.4 Å². The first kappa shape index (κ1) is 18.4. The summed E-state index contributed by atoms with van der Waals surface area (Å²) >= 11 is 1.55. The fourth-order valence-corrected chi connectivity index (χ4v) is 3.30. The molecule has 1 aromatic carbocycles. The maximum absolute atomic E-state index is 12.4. The first-order valence-corrected chi connectivity index (χ1v) is 8.84. The zero-order valence-electron chi connectivity index (χ0n) is 14.6. The first-order valence-electron chi connectivity index (χ1n) is 7.96. The highest BCUT2D eigenvalue weighted by Crippen LogP contribution is 2.30. The van der Waals surface area contributed by atoms with E-state index in [1.807, 2.05) is 30.3 Å². The molecule has 0 aliphatic heterocycles. The molecule has 130 valence electrons. The number of aliphatic hydroxyl groups excluding tert-OH is 1. The monoisotopic (exact) mass is 347 g/mol. The Hall–Kier alpha value is -1.92. The van der Waals surface area contributed by atoms with E-state index in [-0.39, 0.29) is 24.1 Å². The smallest absolute Gasteiger partial charge is 0.318 e. The van der Waals surface area contributed by atoms with Crippen molar-refractivity contribution in [3.8, 4) is 0 Å². The summed E-state index contributed by atoms with van der Waals surface area (Å²) in [6.07, 6.45) is 0. The number of carbonyl (C=O) groups is 1. The van der Waals surface area contributed by atoms with E-state index in [9.17, 15) is 4.79 Å². The number of likely N-dealkylation sites (N-methyl/N-ethyl adjacent to an activating group) is 1. The Bertz CT molecular complexity index is 664. The molecule has 0 bridgehead atoms. The molecule has 2 N–H and O–H groups in total. The Morgan fingerprint density at radius 3 is 2.54 bits per heavy atom. The molecule has 1 aromatic heterocycles. The standard InChI is InChI=1S/C18H25N3O2S/c1-18(2,3)14-12-24-16(19-14)15(13-8-6-5-7-9-13)20-17(23)21(4)10-11-22/h5-9,12,15,22H,10-11H2,1-4H3,(H,20,23)/t15-/m1/s1. The molecule has 0 aliphatic carbocycles. The van der Waals surface area contributed by atoms with Crippen molar-refractivity contribution in [2.75, 3.05) is 20.2 Å². The molecular formula is C18H25N3O2S. The van der Waals surface area contributed by atoms with Crippen molar-refractivity contribution >= 4 is 17.4 Å². The highest BCUT2D eigenvalue weighted by molar-refractivity contribution is 7.09. The van der Waals surface area contributed by atoms with Gasteiger partial charge in [0.25, 0.3) is 0 Å². The van der Waals surface area contributed by atoms with Crippen LogP contribution in [-0.4, -0.2) is 41.2 Å². The summed E-state index contributed by atoms with van der Waals surface area (Å²) in [5, 5.41) is 14.9. The number of hydrogen-bond acceptors (Lipinski definition) is 4. The molecule has 0 spiro atoms. The fraction of sp³-hybridized carbons (Fsp3) is 0.444. The second-order valence-electron chi connectivity index (χ2n) is 6.76. The number of nitrogens with one attached hydrogen (secondary N) is 1. The van der Waals surface area contributed by atoms with E-state index in [1.165, 1.54) is 4.90 Å². The maximum Gasteiger partial charge on any atom is 0.318 e. The molecule has 0 saturated heterocycles. The Morgan fingerprint density at radius 2 is 2.00 bits per heavy atom. The molecule has 0 saturated carbocycles. The third kappa shape index (κ3) is 4.55. The van der Waals surface area contributed by atoms with Crippen LogP contribution < -0.4 is 5.32 Å². The zero-order chi connectivity index (χ0) is 17.7. The van der Waals surface area contributed by atoms with Crippen molar-refractivity contribution in [1.82, 2.24) is 15.2 Å². The lowest BCUT2D eigenvalue weighted by Crippen LogP contribution is -2.41. The molecule has 1 atom stereocenters. The molecule has 0 fully saturated rings. The van der Waals surface area contributed by atoms with Crippen LogP contribution in [0.4, 0.5) is 4.79 Å². The zero-order valence-corrected chi connectivity index (χ0v) is 15.4. The molecular weight excluding hydrogens is 322 g/mol. The lowest BCUT2D eigenvalue weighted by atomic mass is 9.93.